The Kier molecular flexibility index (Phi) is 6.81. The summed E-state index contributed by atoms with van der Waals surface area (Å²) in [6.07, 6.45) is 4.48. The molecule has 4 heterocycles. The summed E-state index contributed by atoms with van der Waals surface area (Å²) in [6, 6.07) is 30.0. The predicted octanol–water partition coefficient (Wildman–Crippen LogP) is 6.33. The van der Waals surface area contributed by atoms with Crippen LogP contribution < -0.4 is 4.90 Å². The maximum Gasteiger partial charge on any atom is 0.335 e. The maximum atomic E-state index is 11.9. The Labute approximate surface area is 239 Å². The highest BCUT2D eigenvalue weighted by atomic mass is 16.4. The zero-order chi connectivity index (χ0) is 29.1. The van der Waals surface area contributed by atoms with Gasteiger partial charge in [0.25, 0.3) is 0 Å². The molecule has 0 amide bonds. The molecule has 0 spiro atoms. The number of anilines is 3. The van der Waals surface area contributed by atoms with Gasteiger partial charge in [-0.2, -0.15) is 0 Å². The Morgan fingerprint density at radius 1 is 0.738 bits per heavy atom. The standard InChI is InChI=1S/C32H19N5O5/c38-31(39)21-12-14-34-26(16-21)28-18-22(32(40)41)17-27(36-28)25-15-20(11-13-33-25)30-35-19-29(42-30)37(23-7-3-1-4-8-23)24-9-5-2-6-10-24/h1-5,7-9,11-19H,(H,38,39)(H,40,41). The normalized spacial score (nSPS) is 10.6. The second-order valence-electron chi connectivity index (χ2n) is 8.95. The Hall–Kier alpha value is -6.34. The van der Waals surface area contributed by atoms with Crippen LogP contribution in [0, 0.1) is 12.1 Å². The molecule has 0 saturated heterocycles. The molecule has 2 aromatic carbocycles. The van der Waals surface area contributed by atoms with Gasteiger partial charge in [0.1, 0.15) is 0 Å². The minimum absolute atomic E-state index is 0.000520. The first-order valence-corrected chi connectivity index (χ1v) is 12.6. The average molecular weight is 554 g/mol. The van der Waals surface area contributed by atoms with E-state index < -0.39 is 11.9 Å². The van der Waals surface area contributed by atoms with Crippen LogP contribution in [0.25, 0.3) is 34.2 Å². The first kappa shape index (κ1) is 25.9. The van der Waals surface area contributed by atoms with Crippen LogP contribution in [0.2, 0.25) is 0 Å². The lowest BCUT2D eigenvalue weighted by Crippen LogP contribution is -2.08. The summed E-state index contributed by atoms with van der Waals surface area (Å²) in [5, 5.41) is 19.1. The number of hydrogen-bond donors (Lipinski definition) is 2. The van der Waals surface area contributed by atoms with Crippen molar-refractivity contribution in [2.75, 3.05) is 4.90 Å². The summed E-state index contributed by atoms with van der Waals surface area (Å²) in [5.41, 5.74) is 3.09. The van der Waals surface area contributed by atoms with Gasteiger partial charge in [0.05, 0.1) is 45.8 Å². The zero-order valence-electron chi connectivity index (χ0n) is 21.7. The molecule has 0 fully saturated rings. The summed E-state index contributed by atoms with van der Waals surface area (Å²) in [4.78, 5) is 42.9. The minimum atomic E-state index is -1.18. The van der Waals surface area contributed by atoms with Crippen molar-refractivity contribution in [3.63, 3.8) is 0 Å². The molecule has 0 aliphatic rings. The third-order valence-corrected chi connectivity index (χ3v) is 6.21. The number of hydrogen-bond acceptors (Lipinski definition) is 8. The Balaban J connectivity index is 1.39. The highest BCUT2D eigenvalue weighted by Crippen LogP contribution is 2.36. The first-order chi connectivity index (χ1) is 20.5. The van der Waals surface area contributed by atoms with Crippen molar-refractivity contribution in [3.8, 4) is 34.2 Å². The van der Waals surface area contributed by atoms with Gasteiger partial charge in [-0.3, -0.25) is 14.9 Å². The third kappa shape index (κ3) is 5.25. The van der Waals surface area contributed by atoms with Crippen LogP contribution in [0.3, 0.4) is 0 Å². The van der Waals surface area contributed by atoms with Crippen molar-refractivity contribution in [1.29, 1.82) is 0 Å². The number of aromatic carboxylic acids is 2. The summed E-state index contributed by atoms with van der Waals surface area (Å²) < 4.78 is 6.20. The van der Waals surface area contributed by atoms with Gasteiger partial charge in [0.2, 0.25) is 11.8 Å². The molecule has 42 heavy (non-hydrogen) atoms. The van der Waals surface area contributed by atoms with Gasteiger partial charge in [-0.15, -0.1) is 0 Å². The summed E-state index contributed by atoms with van der Waals surface area (Å²) in [6.45, 7) is 0. The molecule has 10 nitrogen and oxygen atoms in total. The van der Waals surface area contributed by atoms with E-state index in [0.29, 0.717) is 28.7 Å². The summed E-state index contributed by atoms with van der Waals surface area (Å²) in [7, 11) is 0. The third-order valence-electron chi connectivity index (χ3n) is 6.21. The number of carboxylic acids is 2. The van der Waals surface area contributed by atoms with Crippen LogP contribution in [-0.4, -0.2) is 42.1 Å². The van der Waals surface area contributed by atoms with E-state index in [9.17, 15) is 19.8 Å². The number of oxazole rings is 1. The van der Waals surface area contributed by atoms with Crippen molar-refractivity contribution in [1.82, 2.24) is 19.9 Å². The molecule has 6 aromatic rings. The van der Waals surface area contributed by atoms with Gasteiger partial charge >= 0.3 is 11.9 Å². The van der Waals surface area contributed by atoms with Crippen molar-refractivity contribution in [2.45, 2.75) is 0 Å². The van der Waals surface area contributed by atoms with Gasteiger partial charge in [0, 0.05) is 23.6 Å². The Morgan fingerprint density at radius 2 is 1.43 bits per heavy atom. The van der Waals surface area contributed by atoms with E-state index in [1.807, 2.05) is 47.4 Å². The molecule has 0 unspecified atom stereocenters. The maximum absolute atomic E-state index is 11.9. The molecule has 4 aromatic heterocycles. The number of rotatable bonds is 8. The summed E-state index contributed by atoms with van der Waals surface area (Å²) >= 11 is 0. The lowest BCUT2D eigenvalue weighted by atomic mass is 10.1. The number of carbonyl (C=O) groups is 2. The van der Waals surface area contributed by atoms with Gasteiger partial charge in [-0.05, 0) is 66.7 Å². The minimum Gasteiger partial charge on any atom is -0.478 e. The van der Waals surface area contributed by atoms with E-state index in [4.69, 9.17) is 4.42 Å². The van der Waals surface area contributed by atoms with Gasteiger partial charge < -0.3 is 14.6 Å². The van der Waals surface area contributed by atoms with Crippen molar-refractivity contribution >= 4 is 29.2 Å². The topological polar surface area (TPSA) is 143 Å². The molecule has 2 N–H and O–H groups in total. The number of aromatic nitrogens is 4. The molecule has 10 heteroatoms. The average Bonchev–Trinajstić information content (AvgIpc) is 3.52. The largest absolute Gasteiger partial charge is 0.478 e. The Bertz CT molecular complexity index is 1870. The molecule has 202 valence electrons. The number of para-hydroxylation sites is 1. The van der Waals surface area contributed by atoms with Crippen LogP contribution in [0.1, 0.15) is 20.7 Å². The zero-order valence-corrected chi connectivity index (χ0v) is 21.7. The summed E-state index contributed by atoms with van der Waals surface area (Å²) in [5.74, 6) is -1.57. The molecule has 0 saturated carbocycles. The molecule has 0 atom stereocenters. The lowest BCUT2D eigenvalue weighted by molar-refractivity contribution is 0.0686. The monoisotopic (exact) mass is 553 g/mol. The van der Waals surface area contributed by atoms with Crippen LogP contribution in [0.5, 0.6) is 0 Å². The van der Waals surface area contributed by atoms with Gasteiger partial charge in [0.15, 0.2) is 0 Å². The van der Waals surface area contributed by atoms with Crippen LogP contribution >= 0.6 is 0 Å². The van der Waals surface area contributed by atoms with Crippen molar-refractivity contribution in [2.24, 2.45) is 0 Å². The van der Waals surface area contributed by atoms with Gasteiger partial charge in [-0.1, -0.05) is 30.3 Å². The van der Waals surface area contributed by atoms with E-state index in [-0.39, 0.29) is 28.2 Å². The second-order valence-corrected chi connectivity index (χ2v) is 8.95. The Morgan fingerprint density at radius 3 is 2.12 bits per heavy atom. The highest BCUT2D eigenvalue weighted by Gasteiger charge is 2.19. The van der Waals surface area contributed by atoms with E-state index >= 15 is 0 Å². The van der Waals surface area contributed by atoms with Crippen LogP contribution in [-0.2, 0) is 0 Å². The molecule has 0 radical (unpaired) electrons. The predicted molar refractivity (Wildman–Crippen MR) is 152 cm³/mol. The van der Waals surface area contributed by atoms with E-state index in [1.54, 1.807) is 30.6 Å². The van der Waals surface area contributed by atoms with Crippen LogP contribution in [0.15, 0.2) is 108 Å². The van der Waals surface area contributed by atoms with E-state index in [0.717, 1.165) is 5.69 Å². The lowest BCUT2D eigenvalue weighted by Gasteiger charge is -2.20. The number of nitrogens with zero attached hydrogens (tertiary/aromatic N) is 5. The molecular formula is C32H19N5O5. The number of benzene rings is 1. The van der Waals surface area contributed by atoms with Gasteiger partial charge in [-0.25, -0.2) is 19.6 Å². The number of carboxylic acid groups (broad SMARTS) is 2. The highest BCUT2D eigenvalue weighted by molar-refractivity contribution is 5.91. The van der Waals surface area contributed by atoms with E-state index in [2.05, 4.69) is 32.1 Å². The SMILES string of the molecule is O=C(O)c1ccnc(-c2cc(C(=O)O)cc(-c3cc(-c4ncc(N(c5c#cccc5)c5ccccc5)o4)ccn3)n2)c1. The second kappa shape index (κ2) is 11.0. The fraction of sp³-hybridized carbons (Fsp3) is 0. The molecule has 6 rings (SSSR count). The smallest absolute Gasteiger partial charge is 0.335 e. The molecule has 0 bridgehead atoms. The quantitative estimate of drug-likeness (QED) is 0.220. The molecular weight excluding hydrogens is 534 g/mol. The van der Waals surface area contributed by atoms with Crippen LogP contribution in [0.4, 0.5) is 17.3 Å². The number of pyridine rings is 3. The van der Waals surface area contributed by atoms with Crippen molar-refractivity contribution in [3.05, 3.63) is 127 Å². The molecule has 0 aliphatic heterocycles. The first-order valence-electron chi connectivity index (χ1n) is 12.6. The molecule has 0 aliphatic carbocycles. The fourth-order valence-electron chi connectivity index (χ4n) is 4.26. The van der Waals surface area contributed by atoms with E-state index in [1.165, 1.54) is 30.5 Å². The van der Waals surface area contributed by atoms with Crippen molar-refractivity contribution < 1.29 is 24.2 Å². The fourth-order valence-corrected chi connectivity index (χ4v) is 4.26.